The fourth-order valence-electron chi connectivity index (χ4n) is 3.14. The van der Waals surface area contributed by atoms with E-state index in [1.807, 2.05) is 6.07 Å². The lowest BCUT2D eigenvalue weighted by Gasteiger charge is -2.39. The molecule has 0 saturated heterocycles. The average molecular weight is 281 g/mol. The monoisotopic (exact) mass is 281 g/mol. The van der Waals surface area contributed by atoms with Crippen LogP contribution in [-0.4, -0.2) is 32.1 Å². The summed E-state index contributed by atoms with van der Waals surface area (Å²) in [4.78, 5) is 2.26. The molecule has 0 spiro atoms. The van der Waals surface area contributed by atoms with Crippen LogP contribution in [0, 0.1) is 0 Å². The summed E-state index contributed by atoms with van der Waals surface area (Å²) in [6.45, 7) is 1.84. The Labute approximate surface area is 127 Å². The second kappa shape index (κ2) is 5.90. The molecule has 0 fully saturated rings. The van der Waals surface area contributed by atoms with Crippen molar-refractivity contribution in [1.82, 2.24) is 4.90 Å². The Hall–Kier alpha value is -1.80. The van der Waals surface area contributed by atoms with Gasteiger partial charge in [-0.2, -0.15) is 0 Å². The van der Waals surface area contributed by atoms with Gasteiger partial charge in [0.2, 0.25) is 0 Å². The zero-order chi connectivity index (χ0) is 14.7. The number of para-hydroxylation sites is 1. The Morgan fingerprint density at radius 1 is 1.00 bits per heavy atom. The molecule has 1 aliphatic heterocycles. The van der Waals surface area contributed by atoms with Crippen LogP contribution < -0.4 is 4.74 Å². The van der Waals surface area contributed by atoms with Crippen molar-refractivity contribution in [3.63, 3.8) is 0 Å². The van der Waals surface area contributed by atoms with Crippen LogP contribution >= 0.6 is 0 Å². The van der Waals surface area contributed by atoms with Crippen molar-refractivity contribution in [2.24, 2.45) is 0 Å². The van der Waals surface area contributed by atoms with Crippen LogP contribution in [-0.2, 0) is 11.8 Å². The molecule has 0 radical (unpaired) electrons. The van der Waals surface area contributed by atoms with Gasteiger partial charge in [-0.3, -0.25) is 0 Å². The lowest BCUT2D eigenvalue weighted by Crippen LogP contribution is -2.41. The van der Waals surface area contributed by atoms with E-state index in [4.69, 9.17) is 4.74 Å². The molecule has 21 heavy (non-hydrogen) atoms. The molecular formula is C19H23NO. The predicted molar refractivity (Wildman–Crippen MR) is 86.9 cm³/mol. The topological polar surface area (TPSA) is 12.5 Å². The van der Waals surface area contributed by atoms with Gasteiger partial charge in [0.15, 0.2) is 0 Å². The maximum Gasteiger partial charge on any atom is 0.122 e. The molecule has 2 aromatic rings. The van der Waals surface area contributed by atoms with E-state index in [0.29, 0.717) is 0 Å². The second-order valence-corrected chi connectivity index (χ2v) is 6.27. The minimum Gasteiger partial charge on any atom is -0.492 e. The lowest BCUT2D eigenvalue weighted by molar-refractivity contribution is 0.166. The number of benzene rings is 2. The van der Waals surface area contributed by atoms with Crippen molar-refractivity contribution in [2.75, 3.05) is 27.2 Å². The van der Waals surface area contributed by atoms with Gasteiger partial charge in [-0.05, 0) is 50.7 Å². The zero-order valence-electron chi connectivity index (χ0n) is 12.9. The number of rotatable bonds is 4. The summed E-state index contributed by atoms with van der Waals surface area (Å²) in [5.41, 5.74) is 2.80. The zero-order valence-corrected chi connectivity index (χ0v) is 12.9. The van der Waals surface area contributed by atoms with Crippen molar-refractivity contribution in [3.05, 3.63) is 65.7 Å². The standard InChI is InChI=1S/C19H23NO/c1-20(2)13-12-19(17-9-4-3-5-10-17)14-16-8-6-7-11-18(16)21-15-19/h3-11H,12-15H2,1-2H3. The third-order valence-corrected chi connectivity index (χ3v) is 4.43. The minimum absolute atomic E-state index is 0.0832. The van der Waals surface area contributed by atoms with Crippen LogP contribution in [0.4, 0.5) is 0 Å². The molecule has 2 aromatic carbocycles. The highest BCUT2D eigenvalue weighted by atomic mass is 16.5. The normalized spacial score (nSPS) is 20.9. The average Bonchev–Trinajstić information content (AvgIpc) is 2.53. The third kappa shape index (κ3) is 2.96. The number of hydrogen-bond acceptors (Lipinski definition) is 2. The van der Waals surface area contributed by atoms with Gasteiger partial charge in [-0.1, -0.05) is 48.5 Å². The number of fused-ring (bicyclic) bond motifs is 1. The maximum absolute atomic E-state index is 6.11. The van der Waals surface area contributed by atoms with E-state index in [-0.39, 0.29) is 5.41 Å². The molecule has 0 N–H and O–H groups in total. The van der Waals surface area contributed by atoms with Crippen molar-refractivity contribution in [1.29, 1.82) is 0 Å². The summed E-state index contributed by atoms with van der Waals surface area (Å²) in [5.74, 6) is 1.05. The first-order chi connectivity index (χ1) is 10.2. The van der Waals surface area contributed by atoms with Crippen LogP contribution in [0.1, 0.15) is 17.5 Å². The van der Waals surface area contributed by atoms with Gasteiger partial charge in [0.25, 0.3) is 0 Å². The SMILES string of the molecule is CN(C)CCC1(c2ccccc2)COc2ccccc2C1. The van der Waals surface area contributed by atoms with Crippen LogP contribution in [0.2, 0.25) is 0 Å². The van der Waals surface area contributed by atoms with E-state index in [1.165, 1.54) is 11.1 Å². The van der Waals surface area contributed by atoms with E-state index < -0.39 is 0 Å². The quantitative estimate of drug-likeness (QED) is 0.850. The minimum atomic E-state index is 0.0832. The smallest absolute Gasteiger partial charge is 0.122 e. The lowest BCUT2D eigenvalue weighted by atomic mass is 9.72. The first-order valence-corrected chi connectivity index (χ1v) is 7.61. The third-order valence-electron chi connectivity index (χ3n) is 4.43. The first-order valence-electron chi connectivity index (χ1n) is 7.61. The molecule has 1 heterocycles. The van der Waals surface area contributed by atoms with Gasteiger partial charge < -0.3 is 9.64 Å². The highest BCUT2D eigenvalue weighted by Crippen LogP contribution is 2.39. The molecule has 0 saturated carbocycles. The molecule has 0 amide bonds. The van der Waals surface area contributed by atoms with E-state index >= 15 is 0 Å². The molecule has 1 atom stereocenters. The Bertz CT molecular complexity index is 594. The fraction of sp³-hybridized carbons (Fsp3) is 0.368. The highest BCUT2D eigenvalue weighted by Gasteiger charge is 2.37. The summed E-state index contributed by atoms with van der Waals surface area (Å²) in [6.07, 6.45) is 2.17. The van der Waals surface area contributed by atoms with E-state index in [0.717, 1.165) is 31.7 Å². The summed E-state index contributed by atoms with van der Waals surface area (Å²) in [6, 6.07) is 19.3. The van der Waals surface area contributed by atoms with E-state index in [9.17, 15) is 0 Å². The molecule has 1 unspecified atom stereocenters. The molecule has 0 aromatic heterocycles. The highest BCUT2D eigenvalue weighted by molar-refractivity contribution is 5.40. The number of ether oxygens (including phenoxy) is 1. The largest absolute Gasteiger partial charge is 0.492 e. The Kier molecular flexibility index (Phi) is 3.98. The van der Waals surface area contributed by atoms with Crippen molar-refractivity contribution in [3.8, 4) is 5.75 Å². The van der Waals surface area contributed by atoms with Crippen molar-refractivity contribution >= 4 is 0 Å². The summed E-state index contributed by atoms with van der Waals surface area (Å²) < 4.78 is 6.11. The molecule has 0 aliphatic carbocycles. The fourth-order valence-corrected chi connectivity index (χ4v) is 3.14. The summed E-state index contributed by atoms with van der Waals surface area (Å²) in [5, 5.41) is 0. The van der Waals surface area contributed by atoms with Crippen LogP contribution in [0.25, 0.3) is 0 Å². The Morgan fingerprint density at radius 2 is 1.71 bits per heavy atom. The molecule has 2 heteroatoms. The summed E-state index contributed by atoms with van der Waals surface area (Å²) in [7, 11) is 4.27. The first kappa shape index (κ1) is 14.2. The van der Waals surface area contributed by atoms with Gasteiger partial charge in [-0.25, -0.2) is 0 Å². The van der Waals surface area contributed by atoms with Crippen molar-refractivity contribution < 1.29 is 4.74 Å². The van der Waals surface area contributed by atoms with E-state index in [1.54, 1.807) is 0 Å². The molecule has 1 aliphatic rings. The van der Waals surface area contributed by atoms with Gasteiger partial charge in [0.1, 0.15) is 5.75 Å². The molecule has 0 bridgehead atoms. The van der Waals surface area contributed by atoms with E-state index in [2.05, 4.69) is 67.5 Å². The maximum atomic E-state index is 6.11. The van der Waals surface area contributed by atoms with Gasteiger partial charge in [0, 0.05) is 5.41 Å². The number of nitrogens with zero attached hydrogens (tertiary/aromatic N) is 1. The van der Waals surface area contributed by atoms with Crippen LogP contribution in [0.15, 0.2) is 54.6 Å². The van der Waals surface area contributed by atoms with Gasteiger partial charge >= 0.3 is 0 Å². The van der Waals surface area contributed by atoms with Gasteiger partial charge in [0.05, 0.1) is 6.61 Å². The molecule has 3 rings (SSSR count). The molecular weight excluding hydrogens is 258 g/mol. The van der Waals surface area contributed by atoms with Crippen LogP contribution in [0.3, 0.4) is 0 Å². The van der Waals surface area contributed by atoms with Crippen molar-refractivity contribution in [2.45, 2.75) is 18.3 Å². The molecule has 2 nitrogen and oxygen atoms in total. The summed E-state index contributed by atoms with van der Waals surface area (Å²) >= 11 is 0. The van der Waals surface area contributed by atoms with Crippen LogP contribution in [0.5, 0.6) is 5.75 Å². The predicted octanol–water partition coefficient (Wildman–Crippen LogP) is 3.51. The Balaban J connectivity index is 1.95. The Morgan fingerprint density at radius 3 is 2.48 bits per heavy atom. The van der Waals surface area contributed by atoms with Gasteiger partial charge in [-0.15, -0.1) is 0 Å². The number of hydrogen-bond donors (Lipinski definition) is 0. The molecule has 110 valence electrons. The second-order valence-electron chi connectivity index (χ2n) is 6.27.